The van der Waals surface area contributed by atoms with Crippen LogP contribution in [0.5, 0.6) is 0 Å². The van der Waals surface area contributed by atoms with E-state index in [-0.39, 0.29) is 0 Å². The molecule has 1 atom stereocenters. The maximum absolute atomic E-state index is 5.95. The highest BCUT2D eigenvalue weighted by Gasteiger charge is 2.07. The van der Waals surface area contributed by atoms with Gasteiger partial charge in [0.15, 0.2) is 0 Å². The van der Waals surface area contributed by atoms with E-state index in [1.807, 2.05) is 18.2 Å². The summed E-state index contributed by atoms with van der Waals surface area (Å²) in [7, 11) is 4.12. The van der Waals surface area contributed by atoms with E-state index in [9.17, 15) is 0 Å². The minimum atomic E-state index is 0.433. The highest BCUT2D eigenvalue weighted by atomic mass is 35.5. The van der Waals surface area contributed by atoms with E-state index in [4.69, 9.17) is 11.6 Å². The molecule has 2 aromatic rings. The quantitative estimate of drug-likeness (QED) is 0.922. The average molecular weight is 265 g/mol. The lowest BCUT2D eigenvalue weighted by atomic mass is 10.2. The molecule has 1 unspecified atom stereocenters. The molecule has 5 heteroatoms. The Labute approximate surface area is 112 Å². The fourth-order valence-corrected chi connectivity index (χ4v) is 1.76. The Morgan fingerprint density at radius 2 is 2.11 bits per heavy atom. The van der Waals surface area contributed by atoms with Crippen LogP contribution in [0.3, 0.4) is 0 Å². The fraction of sp³-hybridized carbons (Fsp3) is 0.385. The Morgan fingerprint density at radius 3 is 2.83 bits per heavy atom. The van der Waals surface area contributed by atoms with Crippen molar-refractivity contribution in [2.45, 2.75) is 13.0 Å². The Hall–Kier alpha value is -1.39. The number of aromatic nitrogens is 2. The second-order valence-electron chi connectivity index (χ2n) is 4.58. The summed E-state index contributed by atoms with van der Waals surface area (Å²) >= 11 is 5.95. The first-order chi connectivity index (χ1) is 8.58. The SMILES string of the molecule is CC(CNc1ncnc2cc(Cl)ccc12)N(C)C. The number of fused-ring (bicyclic) bond motifs is 1. The summed E-state index contributed by atoms with van der Waals surface area (Å²) in [5, 5.41) is 5.03. The van der Waals surface area contributed by atoms with Crippen LogP contribution >= 0.6 is 11.6 Å². The number of nitrogens with one attached hydrogen (secondary N) is 1. The van der Waals surface area contributed by atoms with Gasteiger partial charge in [0.25, 0.3) is 0 Å². The largest absolute Gasteiger partial charge is 0.368 e. The maximum atomic E-state index is 5.95. The molecule has 0 radical (unpaired) electrons. The molecule has 0 bridgehead atoms. The monoisotopic (exact) mass is 264 g/mol. The minimum absolute atomic E-state index is 0.433. The van der Waals surface area contributed by atoms with Gasteiger partial charge in [-0.1, -0.05) is 11.6 Å². The van der Waals surface area contributed by atoms with Crippen molar-refractivity contribution in [1.82, 2.24) is 14.9 Å². The molecule has 0 amide bonds. The second kappa shape index (κ2) is 5.50. The molecule has 1 aromatic carbocycles. The van der Waals surface area contributed by atoms with Gasteiger partial charge in [0.05, 0.1) is 5.52 Å². The number of hydrogen-bond acceptors (Lipinski definition) is 4. The fourth-order valence-electron chi connectivity index (χ4n) is 1.60. The number of rotatable bonds is 4. The van der Waals surface area contributed by atoms with Gasteiger partial charge in [0, 0.05) is 23.0 Å². The van der Waals surface area contributed by atoms with E-state index < -0.39 is 0 Å². The number of nitrogens with zero attached hydrogens (tertiary/aromatic N) is 3. The average Bonchev–Trinajstić information content (AvgIpc) is 2.35. The number of likely N-dealkylation sites (N-methyl/N-ethyl adjacent to an activating group) is 1. The van der Waals surface area contributed by atoms with Crippen molar-refractivity contribution in [3.63, 3.8) is 0 Å². The Kier molecular flexibility index (Phi) is 3.99. The van der Waals surface area contributed by atoms with Crippen LogP contribution in [0.15, 0.2) is 24.5 Å². The molecule has 4 nitrogen and oxygen atoms in total. The smallest absolute Gasteiger partial charge is 0.137 e. The zero-order valence-electron chi connectivity index (χ0n) is 10.8. The van der Waals surface area contributed by atoms with Crippen LogP contribution in [0.1, 0.15) is 6.92 Å². The van der Waals surface area contributed by atoms with Gasteiger partial charge in [-0.2, -0.15) is 0 Å². The van der Waals surface area contributed by atoms with Gasteiger partial charge in [-0.25, -0.2) is 9.97 Å². The van der Waals surface area contributed by atoms with Crippen molar-refractivity contribution in [2.24, 2.45) is 0 Å². The summed E-state index contributed by atoms with van der Waals surface area (Å²) in [4.78, 5) is 10.7. The number of anilines is 1. The lowest BCUT2D eigenvalue weighted by Crippen LogP contribution is -2.31. The normalized spacial score (nSPS) is 12.9. The summed E-state index contributed by atoms with van der Waals surface area (Å²) in [5.41, 5.74) is 0.859. The third-order valence-corrected chi connectivity index (χ3v) is 3.28. The van der Waals surface area contributed by atoms with Crippen LogP contribution < -0.4 is 5.32 Å². The second-order valence-corrected chi connectivity index (χ2v) is 5.01. The Balaban J connectivity index is 2.23. The van der Waals surface area contributed by atoms with Gasteiger partial charge < -0.3 is 10.2 Å². The summed E-state index contributed by atoms with van der Waals surface area (Å²) in [6, 6.07) is 6.08. The molecule has 2 rings (SSSR count). The standard InChI is InChI=1S/C13H17ClN4/c1-9(18(2)3)7-15-13-11-5-4-10(14)6-12(11)16-8-17-13/h4-6,8-9H,7H2,1-3H3,(H,15,16,17). The van der Waals surface area contributed by atoms with Gasteiger partial charge in [0.1, 0.15) is 12.1 Å². The van der Waals surface area contributed by atoms with Crippen molar-refractivity contribution in [2.75, 3.05) is 26.0 Å². The van der Waals surface area contributed by atoms with E-state index in [2.05, 4.69) is 41.2 Å². The summed E-state index contributed by atoms with van der Waals surface area (Å²) in [6.45, 7) is 3.00. The molecule has 0 aliphatic heterocycles. The predicted octanol–water partition coefficient (Wildman–Crippen LogP) is 2.65. The summed E-state index contributed by atoms with van der Waals surface area (Å²) < 4.78 is 0. The third-order valence-electron chi connectivity index (χ3n) is 3.05. The van der Waals surface area contributed by atoms with E-state index in [1.165, 1.54) is 0 Å². The van der Waals surface area contributed by atoms with Gasteiger partial charge in [0.2, 0.25) is 0 Å². The molecule has 0 aliphatic rings. The van der Waals surface area contributed by atoms with Crippen LogP contribution in [-0.4, -0.2) is 41.5 Å². The first-order valence-electron chi connectivity index (χ1n) is 5.88. The lowest BCUT2D eigenvalue weighted by Gasteiger charge is -2.20. The van der Waals surface area contributed by atoms with Crippen molar-refractivity contribution >= 4 is 28.3 Å². The molecule has 1 heterocycles. The van der Waals surface area contributed by atoms with Crippen LogP contribution in [-0.2, 0) is 0 Å². The van der Waals surface area contributed by atoms with Crippen molar-refractivity contribution < 1.29 is 0 Å². The molecule has 0 saturated carbocycles. The third kappa shape index (κ3) is 2.89. The number of benzene rings is 1. The molecule has 0 aliphatic carbocycles. The van der Waals surface area contributed by atoms with Crippen LogP contribution in [0.4, 0.5) is 5.82 Å². The van der Waals surface area contributed by atoms with E-state index in [1.54, 1.807) is 6.33 Å². The van der Waals surface area contributed by atoms with Gasteiger partial charge in [-0.15, -0.1) is 0 Å². The topological polar surface area (TPSA) is 41.1 Å². The van der Waals surface area contributed by atoms with Crippen molar-refractivity contribution in [1.29, 1.82) is 0 Å². The van der Waals surface area contributed by atoms with Gasteiger partial charge in [-0.05, 0) is 39.2 Å². The molecule has 0 saturated heterocycles. The van der Waals surface area contributed by atoms with Crippen LogP contribution in [0.2, 0.25) is 5.02 Å². The number of hydrogen-bond donors (Lipinski definition) is 1. The molecule has 18 heavy (non-hydrogen) atoms. The minimum Gasteiger partial charge on any atom is -0.368 e. The highest BCUT2D eigenvalue weighted by molar-refractivity contribution is 6.31. The van der Waals surface area contributed by atoms with Gasteiger partial charge in [-0.3, -0.25) is 0 Å². The van der Waals surface area contributed by atoms with Crippen LogP contribution in [0, 0.1) is 0 Å². The van der Waals surface area contributed by atoms with Gasteiger partial charge >= 0.3 is 0 Å². The van der Waals surface area contributed by atoms with Crippen LogP contribution in [0.25, 0.3) is 10.9 Å². The summed E-state index contributed by atoms with van der Waals surface area (Å²) in [5.74, 6) is 0.852. The Bertz CT molecular complexity index is 542. The predicted molar refractivity (Wildman–Crippen MR) is 76.2 cm³/mol. The molecule has 1 N–H and O–H groups in total. The molecular weight excluding hydrogens is 248 g/mol. The Morgan fingerprint density at radius 1 is 1.33 bits per heavy atom. The molecule has 96 valence electrons. The molecule has 0 spiro atoms. The van der Waals surface area contributed by atoms with Crippen molar-refractivity contribution in [3.05, 3.63) is 29.5 Å². The molecule has 0 fully saturated rings. The molecular formula is C13H17ClN4. The van der Waals surface area contributed by atoms with E-state index in [0.29, 0.717) is 11.1 Å². The number of halogens is 1. The maximum Gasteiger partial charge on any atom is 0.137 e. The van der Waals surface area contributed by atoms with E-state index in [0.717, 1.165) is 23.3 Å². The van der Waals surface area contributed by atoms with Crippen molar-refractivity contribution in [3.8, 4) is 0 Å². The zero-order chi connectivity index (χ0) is 13.1. The highest BCUT2D eigenvalue weighted by Crippen LogP contribution is 2.22. The first-order valence-corrected chi connectivity index (χ1v) is 6.26. The zero-order valence-corrected chi connectivity index (χ0v) is 11.6. The molecule has 1 aromatic heterocycles. The lowest BCUT2D eigenvalue weighted by molar-refractivity contribution is 0.326. The summed E-state index contributed by atoms with van der Waals surface area (Å²) in [6.07, 6.45) is 1.56. The first kappa shape index (κ1) is 13.1. The van der Waals surface area contributed by atoms with E-state index >= 15 is 0 Å².